The van der Waals surface area contributed by atoms with E-state index in [1.165, 1.54) is 12.0 Å². The minimum Gasteiger partial charge on any atom is -0.497 e. The van der Waals surface area contributed by atoms with Gasteiger partial charge in [-0.1, -0.05) is 12.1 Å². The molecule has 0 aromatic heterocycles. The molecule has 0 bridgehead atoms. The molecule has 172 valence electrons. The molecule has 1 saturated heterocycles. The Morgan fingerprint density at radius 3 is 2.12 bits per heavy atom. The molecule has 1 atom stereocenters. The van der Waals surface area contributed by atoms with Gasteiger partial charge in [0.2, 0.25) is 11.8 Å². The molecule has 9 nitrogen and oxygen atoms in total. The summed E-state index contributed by atoms with van der Waals surface area (Å²) in [7, 11) is 3.07. The number of carboxylic acids is 1. The number of benzene rings is 2. The molecule has 1 aliphatic heterocycles. The van der Waals surface area contributed by atoms with Crippen molar-refractivity contribution in [2.24, 2.45) is 0 Å². The quantitative estimate of drug-likeness (QED) is 0.458. The number of carbonyl (C=O) groups excluding carboxylic acids is 3. The largest absolute Gasteiger partial charge is 0.497 e. The summed E-state index contributed by atoms with van der Waals surface area (Å²) in [5.74, 6) is -1.68. The van der Waals surface area contributed by atoms with E-state index in [1.807, 2.05) is 12.1 Å². The Bertz CT molecular complexity index is 1060. The van der Waals surface area contributed by atoms with Crippen molar-refractivity contribution < 1.29 is 33.8 Å². The van der Waals surface area contributed by atoms with Crippen LogP contribution in [0, 0.1) is 0 Å². The average molecular weight is 452 g/mol. The molecule has 2 aromatic carbocycles. The third kappa shape index (κ3) is 5.57. The van der Waals surface area contributed by atoms with Gasteiger partial charge in [-0.25, -0.2) is 9.69 Å². The first-order valence-corrected chi connectivity index (χ1v) is 10.2. The minimum atomic E-state index is -1.29. The van der Waals surface area contributed by atoms with Crippen LogP contribution in [0.4, 0.5) is 5.69 Å². The Balaban J connectivity index is 1.83. The third-order valence-corrected chi connectivity index (χ3v) is 5.28. The summed E-state index contributed by atoms with van der Waals surface area (Å²) in [5.41, 5.74) is 1.26. The van der Waals surface area contributed by atoms with Crippen molar-refractivity contribution in [3.05, 3.63) is 66.2 Å². The lowest BCUT2D eigenvalue weighted by Gasteiger charge is -2.26. The van der Waals surface area contributed by atoms with Gasteiger partial charge in [0.05, 0.1) is 26.3 Å². The number of hydrogen-bond donors (Lipinski definition) is 1. The van der Waals surface area contributed by atoms with Gasteiger partial charge in [0, 0.05) is 18.7 Å². The zero-order valence-corrected chi connectivity index (χ0v) is 18.3. The maximum Gasteiger partial charge on any atom is 0.328 e. The summed E-state index contributed by atoms with van der Waals surface area (Å²) >= 11 is 0. The van der Waals surface area contributed by atoms with Gasteiger partial charge in [-0.05, 0) is 48.4 Å². The molecule has 3 rings (SSSR count). The minimum absolute atomic E-state index is 0.120. The molecule has 0 spiro atoms. The second kappa shape index (κ2) is 10.4. The molecular formula is C24H24N2O7. The van der Waals surface area contributed by atoms with Crippen molar-refractivity contribution in [2.45, 2.75) is 18.9 Å². The molecule has 1 fully saturated rings. The highest BCUT2D eigenvalue weighted by Gasteiger charge is 2.43. The number of methoxy groups -OCH3 is 2. The maximum atomic E-state index is 13.2. The van der Waals surface area contributed by atoms with E-state index in [4.69, 9.17) is 14.6 Å². The SMILES string of the molecule is COc1ccc(CCN(C(=O)/C=C/C(=O)O)[C@@H]2CC(=O)N(c3ccc(OC)cc3)C2=O)cc1. The number of imide groups is 1. The first kappa shape index (κ1) is 23.5. The highest BCUT2D eigenvalue weighted by Crippen LogP contribution is 2.28. The standard InChI is InChI=1S/C24H24N2O7/c1-32-18-7-3-16(4-8-18)13-14-25(21(27)11-12-23(29)30)20-15-22(28)26(24(20)31)17-5-9-19(33-2)10-6-17/h3-12,20H,13-15H2,1-2H3,(H,29,30)/b12-11+/t20-/m1/s1. The fraction of sp³-hybridized carbons (Fsp3) is 0.250. The molecule has 3 amide bonds. The van der Waals surface area contributed by atoms with Gasteiger partial charge in [-0.15, -0.1) is 0 Å². The first-order valence-electron chi connectivity index (χ1n) is 10.2. The second-order valence-corrected chi connectivity index (χ2v) is 7.29. The van der Waals surface area contributed by atoms with Crippen LogP contribution in [0.1, 0.15) is 12.0 Å². The van der Waals surface area contributed by atoms with Gasteiger partial charge in [0.15, 0.2) is 0 Å². The highest BCUT2D eigenvalue weighted by molar-refractivity contribution is 6.23. The van der Waals surface area contributed by atoms with Crippen molar-refractivity contribution in [2.75, 3.05) is 25.7 Å². The topological polar surface area (TPSA) is 113 Å². The van der Waals surface area contributed by atoms with Gasteiger partial charge in [-0.3, -0.25) is 14.4 Å². The monoisotopic (exact) mass is 452 g/mol. The predicted octanol–water partition coefficient (Wildman–Crippen LogP) is 2.05. The van der Waals surface area contributed by atoms with Crippen molar-refractivity contribution in [3.8, 4) is 11.5 Å². The number of carboxylic acid groups (broad SMARTS) is 1. The molecule has 2 aromatic rings. The maximum absolute atomic E-state index is 13.2. The van der Waals surface area contributed by atoms with Crippen LogP contribution in [0.2, 0.25) is 0 Å². The molecule has 0 radical (unpaired) electrons. The molecular weight excluding hydrogens is 428 g/mol. The molecule has 1 N–H and O–H groups in total. The molecule has 9 heteroatoms. The Morgan fingerprint density at radius 1 is 1.00 bits per heavy atom. The number of aliphatic carboxylic acids is 1. The fourth-order valence-electron chi connectivity index (χ4n) is 3.56. The molecule has 0 aliphatic carbocycles. The Kier molecular flexibility index (Phi) is 7.45. The number of hydrogen-bond acceptors (Lipinski definition) is 6. The van der Waals surface area contributed by atoms with Crippen LogP contribution < -0.4 is 14.4 Å². The fourth-order valence-corrected chi connectivity index (χ4v) is 3.56. The van der Waals surface area contributed by atoms with Crippen molar-refractivity contribution in [3.63, 3.8) is 0 Å². The Labute approximate surface area is 190 Å². The summed E-state index contributed by atoms with van der Waals surface area (Å²) in [5, 5.41) is 8.89. The van der Waals surface area contributed by atoms with E-state index >= 15 is 0 Å². The third-order valence-electron chi connectivity index (χ3n) is 5.28. The van der Waals surface area contributed by atoms with Gasteiger partial charge in [-0.2, -0.15) is 0 Å². The van der Waals surface area contributed by atoms with E-state index in [9.17, 15) is 19.2 Å². The average Bonchev–Trinajstić information content (AvgIpc) is 3.11. The zero-order valence-electron chi connectivity index (χ0n) is 18.3. The van der Waals surface area contributed by atoms with Gasteiger partial charge < -0.3 is 19.5 Å². The Hall–Kier alpha value is -4.14. The van der Waals surface area contributed by atoms with Gasteiger partial charge in [0.1, 0.15) is 17.5 Å². The number of amides is 3. The highest BCUT2D eigenvalue weighted by atomic mass is 16.5. The number of carbonyl (C=O) groups is 4. The van der Waals surface area contributed by atoms with Gasteiger partial charge >= 0.3 is 5.97 Å². The Morgan fingerprint density at radius 2 is 1.58 bits per heavy atom. The molecule has 33 heavy (non-hydrogen) atoms. The van der Waals surface area contributed by atoms with Crippen LogP contribution in [-0.4, -0.2) is 60.5 Å². The van der Waals surface area contributed by atoms with E-state index in [0.29, 0.717) is 29.7 Å². The first-order chi connectivity index (χ1) is 15.8. The lowest BCUT2D eigenvalue weighted by molar-refractivity contribution is -0.135. The van der Waals surface area contributed by atoms with Crippen LogP contribution >= 0.6 is 0 Å². The van der Waals surface area contributed by atoms with Crippen LogP contribution in [0.5, 0.6) is 11.5 Å². The van der Waals surface area contributed by atoms with E-state index < -0.39 is 29.7 Å². The predicted molar refractivity (Wildman–Crippen MR) is 119 cm³/mol. The smallest absolute Gasteiger partial charge is 0.328 e. The summed E-state index contributed by atoms with van der Waals surface area (Å²) in [4.78, 5) is 51.8. The van der Waals surface area contributed by atoms with Crippen LogP contribution in [0.3, 0.4) is 0 Å². The van der Waals surface area contributed by atoms with Crippen molar-refractivity contribution >= 4 is 29.4 Å². The van der Waals surface area contributed by atoms with Crippen LogP contribution in [0.15, 0.2) is 60.7 Å². The van der Waals surface area contributed by atoms with Crippen LogP contribution in [0.25, 0.3) is 0 Å². The molecule has 1 aliphatic rings. The van der Waals surface area contributed by atoms with Gasteiger partial charge in [0.25, 0.3) is 5.91 Å². The summed E-state index contributed by atoms with van der Waals surface area (Å²) < 4.78 is 10.2. The second-order valence-electron chi connectivity index (χ2n) is 7.29. The van der Waals surface area contributed by atoms with E-state index in [-0.39, 0.29) is 13.0 Å². The van der Waals surface area contributed by atoms with E-state index in [1.54, 1.807) is 43.5 Å². The molecule has 0 unspecified atom stereocenters. The lowest BCUT2D eigenvalue weighted by atomic mass is 10.1. The van der Waals surface area contributed by atoms with E-state index in [2.05, 4.69) is 0 Å². The summed E-state index contributed by atoms with van der Waals surface area (Å²) in [6.45, 7) is 0.120. The lowest BCUT2D eigenvalue weighted by Crippen LogP contribution is -2.45. The molecule has 1 heterocycles. The number of ether oxygens (including phenoxy) is 2. The number of anilines is 1. The van der Waals surface area contributed by atoms with E-state index in [0.717, 1.165) is 16.5 Å². The van der Waals surface area contributed by atoms with Crippen molar-refractivity contribution in [1.82, 2.24) is 4.90 Å². The molecule has 0 saturated carbocycles. The summed E-state index contributed by atoms with van der Waals surface area (Å²) in [6.07, 6.45) is 1.81. The number of rotatable bonds is 9. The van der Waals surface area contributed by atoms with Crippen LogP contribution in [-0.2, 0) is 25.6 Å². The number of nitrogens with zero attached hydrogens (tertiary/aromatic N) is 2. The van der Waals surface area contributed by atoms with Crippen molar-refractivity contribution in [1.29, 1.82) is 0 Å². The summed E-state index contributed by atoms with van der Waals surface area (Å²) in [6, 6.07) is 12.6. The normalized spacial score (nSPS) is 15.7. The zero-order chi connectivity index (χ0) is 24.0.